The molecule has 150 valence electrons. The van der Waals surface area contributed by atoms with E-state index >= 15 is 0 Å². The molecule has 0 unspecified atom stereocenters. The molecule has 0 saturated heterocycles. The van der Waals surface area contributed by atoms with E-state index in [0.717, 1.165) is 33.5 Å². The minimum Gasteiger partial charge on any atom is -0.486 e. The van der Waals surface area contributed by atoms with E-state index in [1.807, 2.05) is 59.5 Å². The van der Waals surface area contributed by atoms with Gasteiger partial charge >= 0.3 is 0 Å². The zero-order valence-corrected chi connectivity index (χ0v) is 16.4. The second-order valence-corrected chi connectivity index (χ2v) is 7.25. The molecule has 6 nitrogen and oxygen atoms in total. The molecule has 0 bridgehead atoms. The van der Waals surface area contributed by atoms with Gasteiger partial charge in [-0.05, 0) is 35.4 Å². The molecule has 5 rings (SSSR count). The summed E-state index contributed by atoms with van der Waals surface area (Å²) in [6.07, 6.45) is 5.31. The number of hydrogen-bond acceptors (Lipinski definition) is 4. The molecule has 0 radical (unpaired) electrons. The third-order valence-corrected chi connectivity index (χ3v) is 5.18. The fourth-order valence-corrected chi connectivity index (χ4v) is 3.74. The molecule has 3 heterocycles. The van der Waals surface area contributed by atoms with Crippen LogP contribution in [0.2, 0.25) is 0 Å². The van der Waals surface area contributed by atoms with Gasteiger partial charge in [0.05, 0.1) is 5.56 Å². The molecule has 0 spiro atoms. The number of aromatic nitrogens is 2. The Balaban J connectivity index is 1.48. The van der Waals surface area contributed by atoms with Crippen LogP contribution >= 0.6 is 0 Å². The van der Waals surface area contributed by atoms with Gasteiger partial charge in [0.2, 0.25) is 0 Å². The molecule has 0 fully saturated rings. The van der Waals surface area contributed by atoms with Crippen molar-refractivity contribution in [1.82, 2.24) is 14.9 Å². The number of benzene rings is 2. The van der Waals surface area contributed by atoms with Crippen molar-refractivity contribution in [1.29, 1.82) is 0 Å². The van der Waals surface area contributed by atoms with E-state index in [2.05, 4.69) is 9.97 Å². The van der Waals surface area contributed by atoms with Crippen molar-refractivity contribution in [2.75, 3.05) is 13.2 Å². The Morgan fingerprint density at radius 2 is 1.80 bits per heavy atom. The van der Waals surface area contributed by atoms with Crippen LogP contribution in [0.5, 0.6) is 11.5 Å². The molecule has 0 saturated carbocycles. The van der Waals surface area contributed by atoms with E-state index in [-0.39, 0.29) is 5.91 Å². The summed E-state index contributed by atoms with van der Waals surface area (Å²) in [6, 6.07) is 17.5. The molecule has 2 aromatic carbocycles. The van der Waals surface area contributed by atoms with Gasteiger partial charge in [0.1, 0.15) is 13.2 Å². The molecule has 6 heteroatoms. The summed E-state index contributed by atoms with van der Waals surface area (Å²) in [5, 5.41) is 0.917. The lowest BCUT2D eigenvalue weighted by Gasteiger charge is -2.24. The highest BCUT2D eigenvalue weighted by molar-refractivity contribution is 6.06. The van der Waals surface area contributed by atoms with Gasteiger partial charge in [0.25, 0.3) is 5.91 Å². The molecule has 1 N–H and O–H groups in total. The summed E-state index contributed by atoms with van der Waals surface area (Å²) < 4.78 is 11.3. The molecule has 2 aromatic heterocycles. The van der Waals surface area contributed by atoms with Gasteiger partial charge in [0, 0.05) is 42.6 Å². The Morgan fingerprint density at radius 1 is 0.967 bits per heavy atom. The largest absolute Gasteiger partial charge is 0.486 e. The highest BCUT2D eigenvalue weighted by atomic mass is 16.6. The van der Waals surface area contributed by atoms with E-state index in [9.17, 15) is 4.79 Å². The third-order valence-electron chi connectivity index (χ3n) is 5.18. The molecular weight excluding hydrogens is 378 g/mol. The van der Waals surface area contributed by atoms with Crippen LogP contribution in [0.1, 0.15) is 21.5 Å². The second kappa shape index (κ2) is 7.91. The van der Waals surface area contributed by atoms with Crippen LogP contribution < -0.4 is 9.47 Å². The highest BCUT2D eigenvalue weighted by Gasteiger charge is 2.21. The first-order chi connectivity index (χ1) is 14.8. The van der Waals surface area contributed by atoms with E-state index in [1.165, 1.54) is 0 Å². The Labute approximate surface area is 174 Å². The molecule has 30 heavy (non-hydrogen) atoms. The van der Waals surface area contributed by atoms with Crippen LogP contribution in [0.25, 0.3) is 10.9 Å². The molecule has 4 aromatic rings. The lowest BCUT2D eigenvalue weighted by atomic mass is 10.1. The van der Waals surface area contributed by atoms with Crippen molar-refractivity contribution in [3.8, 4) is 11.5 Å². The average molecular weight is 399 g/mol. The predicted octanol–water partition coefficient (Wildman–Crippen LogP) is 4.18. The Morgan fingerprint density at radius 3 is 2.67 bits per heavy atom. The number of H-pyrrole nitrogens is 1. The number of hydrogen-bond donors (Lipinski definition) is 1. The van der Waals surface area contributed by atoms with E-state index in [1.54, 1.807) is 18.6 Å². The summed E-state index contributed by atoms with van der Waals surface area (Å²) in [5.74, 6) is 1.43. The van der Waals surface area contributed by atoms with Crippen molar-refractivity contribution in [3.63, 3.8) is 0 Å². The number of amides is 1. The van der Waals surface area contributed by atoms with Crippen LogP contribution in [-0.4, -0.2) is 34.0 Å². The molecular formula is C24H21N3O3. The van der Waals surface area contributed by atoms with Crippen LogP contribution in [0.4, 0.5) is 0 Å². The molecule has 1 aliphatic rings. The Bertz CT molecular complexity index is 1190. The number of rotatable bonds is 5. The lowest BCUT2D eigenvalue weighted by Crippen LogP contribution is -2.30. The summed E-state index contributed by atoms with van der Waals surface area (Å²) in [7, 11) is 0. The summed E-state index contributed by atoms with van der Waals surface area (Å²) in [6.45, 7) is 1.99. The summed E-state index contributed by atoms with van der Waals surface area (Å²) in [4.78, 5) is 22.8. The maximum absolute atomic E-state index is 13.5. The predicted molar refractivity (Wildman–Crippen MR) is 114 cm³/mol. The Kier molecular flexibility index (Phi) is 4.81. The van der Waals surface area contributed by atoms with E-state index < -0.39 is 0 Å². The lowest BCUT2D eigenvalue weighted by molar-refractivity contribution is 0.0731. The van der Waals surface area contributed by atoms with E-state index in [4.69, 9.17) is 9.47 Å². The highest BCUT2D eigenvalue weighted by Crippen LogP contribution is 2.31. The summed E-state index contributed by atoms with van der Waals surface area (Å²) in [5.41, 5.74) is 3.56. The first kappa shape index (κ1) is 18.2. The van der Waals surface area contributed by atoms with Crippen molar-refractivity contribution >= 4 is 16.8 Å². The van der Waals surface area contributed by atoms with Gasteiger partial charge in [0.15, 0.2) is 11.5 Å². The molecule has 0 atom stereocenters. The van der Waals surface area contributed by atoms with Gasteiger partial charge in [-0.15, -0.1) is 0 Å². The van der Waals surface area contributed by atoms with Gasteiger partial charge in [-0.2, -0.15) is 0 Å². The minimum absolute atomic E-state index is 0.0359. The number of carbonyl (C=O) groups excluding carboxylic acids is 1. The van der Waals surface area contributed by atoms with Crippen molar-refractivity contribution < 1.29 is 14.3 Å². The summed E-state index contributed by atoms with van der Waals surface area (Å²) >= 11 is 0. The molecule has 1 amide bonds. The quantitative estimate of drug-likeness (QED) is 0.547. The van der Waals surface area contributed by atoms with Crippen molar-refractivity contribution in [2.45, 2.75) is 13.1 Å². The number of nitrogens with one attached hydrogen (secondary N) is 1. The standard InChI is InChI=1S/C24H21N3O3/c28-24(20-14-26-21-6-2-1-5-19(20)21)27(16-18-4-3-9-25-13-18)15-17-7-8-22-23(12-17)30-11-10-29-22/h1-9,12-14,26H,10-11,15-16H2. The number of para-hydroxylation sites is 1. The van der Waals surface area contributed by atoms with Crippen molar-refractivity contribution in [3.05, 3.63) is 89.9 Å². The smallest absolute Gasteiger partial charge is 0.256 e. The zero-order chi connectivity index (χ0) is 20.3. The number of fused-ring (bicyclic) bond motifs is 2. The average Bonchev–Trinajstić information content (AvgIpc) is 3.23. The molecule has 0 aliphatic carbocycles. The minimum atomic E-state index is -0.0359. The monoisotopic (exact) mass is 399 g/mol. The van der Waals surface area contributed by atoms with Crippen LogP contribution in [0, 0.1) is 0 Å². The maximum atomic E-state index is 13.5. The first-order valence-electron chi connectivity index (χ1n) is 9.91. The number of nitrogens with zero attached hydrogens (tertiary/aromatic N) is 2. The number of aromatic amines is 1. The fraction of sp³-hybridized carbons (Fsp3) is 0.167. The van der Waals surface area contributed by atoms with Crippen LogP contribution in [0.15, 0.2) is 73.2 Å². The maximum Gasteiger partial charge on any atom is 0.256 e. The van der Waals surface area contributed by atoms with Gasteiger partial charge in [-0.1, -0.05) is 30.3 Å². The zero-order valence-electron chi connectivity index (χ0n) is 16.4. The number of pyridine rings is 1. The van der Waals surface area contributed by atoms with Crippen molar-refractivity contribution in [2.24, 2.45) is 0 Å². The normalized spacial score (nSPS) is 12.7. The number of carbonyl (C=O) groups is 1. The topological polar surface area (TPSA) is 67.5 Å². The third kappa shape index (κ3) is 3.59. The van der Waals surface area contributed by atoms with Crippen LogP contribution in [0.3, 0.4) is 0 Å². The molecule has 1 aliphatic heterocycles. The first-order valence-corrected chi connectivity index (χ1v) is 9.91. The second-order valence-electron chi connectivity index (χ2n) is 7.25. The van der Waals surface area contributed by atoms with Gasteiger partial charge < -0.3 is 19.4 Å². The van der Waals surface area contributed by atoms with Gasteiger partial charge in [-0.3, -0.25) is 9.78 Å². The van der Waals surface area contributed by atoms with E-state index in [0.29, 0.717) is 31.9 Å². The van der Waals surface area contributed by atoms with Crippen LogP contribution in [-0.2, 0) is 13.1 Å². The SMILES string of the molecule is O=C(c1c[nH]c2ccccc12)N(Cc1cccnc1)Cc1ccc2c(c1)OCCO2. The number of ether oxygens (including phenoxy) is 2. The fourth-order valence-electron chi connectivity index (χ4n) is 3.74. The van der Waals surface area contributed by atoms with Gasteiger partial charge in [-0.25, -0.2) is 0 Å². The Hall–Kier alpha value is -3.80.